The Hall–Kier alpha value is -3.65. The fourth-order valence-corrected chi connectivity index (χ4v) is 5.70. The number of urea groups is 1. The molecule has 0 spiro atoms. The largest absolute Gasteiger partial charge is 0.369 e. The Balaban J connectivity index is 1.10. The van der Waals surface area contributed by atoms with E-state index < -0.39 is 6.04 Å². The number of piperidine rings is 1. The lowest BCUT2D eigenvalue weighted by atomic mass is 9.89. The summed E-state index contributed by atoms with van der Waals surface area (Å²) in [7, 11) is 0. The van der Waals surface area contributed by atoms with E-state index in [4.69, 9.17) is 4.74 Å². The number of hydrogen-bond acceptors (Lipinski definition) is 4. The molecule has 3 fully saturated rings. The van der Waals surface area contributed by atoms with Crippen LogP contribution in [0.5, 0.6) is 0 Å². The number of carbonyl (C=O) groups is 2. The van der Waals surface area contributed by atoms with Crippen molar-refractivity contribution in [3.8, 4) is 0 Å². The quantitative estimate of drug-likeness (QED) is 0.542. The van der Waals surface area contributed by atoms with Crippen molar-refractivity contribution in [2.45, 2.75) is 43.7 Å². The third kappa shape index (κ3) is 5.31. The van der Waals surface area contributed by atoms with Crippen LogP contribution in [0.4, 0.5) is 4.79 Å². The van der Waals surface area contributed by atoms with Crippen LogP contribution in [0.2, 0.25) is 0 Å². The number of pyridine rings is 1. The molecule has 3 aliphatic rings. The summed E-state index contributed by atoms with van der Waals surface area (Å²) >= 11 is 0. The topological polar surface area (TPSA) is 94.7 Å². The van der Waals surface area contributed by atoms with Gasteiger partial charge in [-0.3, -0.25) is 9.59 Å². The molecule has 1 aromatic heterocycles. The number of nitrogens with zero attached hydrogens (tertiary/aromatic N) is 2. The zero-order valence-electron chi connectivity index (χ0n) is 21.5. The standard InChI is InChI=1S/C30H34N4O4/c35-28-24(16-23-8-4-5-9-25(23)31-28)21-12-14-33(15-13-21)30(37)32-26-19-38-27(22-6-2-1-3-7-22)18-34(29(26)36)17-20-10-11-20/h1-9,16,20-21,26-27H,10-15,17-19H2,(H,31,35)(H,32,37). The predicted molar refractivity (Wildman–Crippen MR) is 145 cm³/mol. The van der Waals surface area contributed by atoms with Gasteiger partial charge in [0.1, 0.15) is 12.1 Å². The van der Waals surface area contributed by atoms with Gasteiger partial charge >= 0.3 is 6.03 Å². The van der Waals surface area contributed by atoms with Crippen LogP contribution >= 0.6 is 0 Å². The van der Waals surface area contributed by atoms with E-state index in [1.165, 1.54) is 0 Å². The first-order valence-electron chi connectivity index (χ1n) is 13.7. The molecule has 3 amide bonds. The van der Waals surface area contributed by atoms with Crippen LogP contribution in [0, 0.1) is 5.92 Å². The van der Waals surface area contributed by atoms with Crippen molar-refractivity contribution in [1.29, 1.82) is 0 Å². The zero-order valence-corrected chi connectivity index (χ0v) is 21.5. The van der Waals surface area contributed by atoms with Crippen LogP contribution < -0.4 is 10.9 Å². The molecule has 2 atom stereocenters. The second-order valence-corrected chi connectivity index (χ2v) is 10.8. The summed E-state index contributed by atoms with van der Waals surface area (Å²) in [5.41, 5.74) is 2.59. The summed E-state index contributed by atoms with van der Waals surface area (Å²) in [6, 6.07) is 18.8. The van der Waals surface area contributed by atoms with Gasteiger partial charge < -0.3 is 24.8 Å². The summed E-state index contributed by atoms with van der Waals surface area (Å²) in [5.74, 6) is 0.569. The van der Waals surface area contributed by atoms with Crippen LogP contribution in [0.25, 0.3) is 10.9 Å². The Morgan fingerprint density at radius 1 is 0.974 bits per heavy atom. The molecule has 0 bridgehead atoms. The highest BCUT2D eigenvalue weighted by Crippen LogP contribution is 2.32. The molecule has 3 aromatic rings. The molecule has 198 valence electrons. The second kappa shape index (κ2) is 10.6. The van der Waals surface area contributed by atoms with Crippen molar-refractivity contribution in [2.75, 3.05) is 32.8 Å². The number of fused-ring (bicyclic) bond motifs is 1. The van der Waals surface area contributed by atoms with Crippen molar-refractivity contribution >= 4 is 22.8 Å². The zero-order chi connectivity index (χ0) is 26.1. The van der Waals surface area contributed by atoms with E-state index in [1.54, 1.807) is 4.90 Å². The highest BCUT2D eigenvalue weighted by atomic mass is 16.5. The summed E-state index contributed by atoms with van der Waals surface area (Å²) in [5, 5.41) is 3.98. The van der Waals surface area contributed by atoms with Crippen LogP contribution in [-0.2, 0) is 9.53 Å². The Bertz CT molecular complexity index is 1360. The molecule has 2 unspecified atom stereocenters. The molecule has 1 saturated carbocycles. The first kappa shape index (κ1) is 24.7. The number of rotatable bonds is 5. The third-order valence-corrected chi connectivity index (χ3v) is 8.11. The van der Waals surface area contributed by atoms with Crippen molar-refractivity contribution < 1.29 is 14.3 Å². The van der Waals surface area contributed by atoms with E-state index in [2.05, 4.69) is 10.3 Å². The van der Waals surface area contributed by atoms with Gasteiger partial charge in [0, 0.05) is 30.7 Å². The van der Waals surface area contributed by atoms with Gasteiger partial charge in [-0.1, -0.05) is 48.5 Å². The van der Waals surface area contributed by atoms with Crippen molar-refractivity contribution in [2.24, 2.45) is 5.92 Å². The van der Waals surface area contributed by atoms with Gasteiger partial charge in [-0.05, 0) is 60.6 Å². The number of nitrogens with one attached hydrogen (secondary N) is 2. The first-order valence-corrected chi connectivity index (χ1v) is 13.7. The fourth-order valence-electron chi connectivity index (χ4n) is 5.70. The minimum atomic E-state index is -0.712. The Labute approximate surface area is 222 Å². The number of aromatic nitrogens is 1. The SMILES string of the molecule is O=C(NC1COC(c2ccccc2)CN(CC2CC2)C1=O)N1CCC(c2cc3ccccc3[nH]c2=O)CC1. The molecule has 2 N–H and O–H groups in total. The maximum atomic E-state index is 13.5. The fraction of sp³-hybridized carbons (Fsp3) is 0.433. The van der Waals surface area contributed by atoms with Crippen LogP contribution in [0.1, 0.15) is 48.8 Å². The van der Waals surface area contributed by atoms with Gasteiger partial charge in [0.25, 0.3) is 5.56 Å². The van der Waals surface area contributed by atoms with E-state index in [0.717, 1.165) is 34.9 Å². The van der Waals surface area contributed by atoms with Crippen LogP contribution in [0.15, 0.2) is 65.5 Å². The Morgan fingerprint density at radius 3 is 2.47 bits per heavy atom. The maximum absolute atomic E-state index is 13.5. The molecule has 3 heterocycles. The van der Waals surface area contributed by atoms with Crippen LogP contribution in [0.3, 0.4) is 0 Å². The number of para-hydroxylation sites is 1. The molecule has 2 aliphatic heterocycles. The van der Waals surface area contributed by atoms with Crippen molar-refractivity contribution in [3.05, 3.63) is 82.1 Å². The number of aromatic amines is 1. The first-order chi connectivity index (χ1) is 18.5. The average molecular weight is 515 g/mol. The number of amides is 3. The number of carbonyl (C=O) groups excluding carboxylic acids is 2. The van der Waals surface area contributed by atoms with Crippen molar-refractivity contribution in [3.63, 3.8) is 0 Å². The van der Waals surface area contributed by atoms with Gasteiger partial charge in [0.2, 0.25) is 5.91 Å². The molecule has 8 nitrogen and oxygen atoms in total. The van der Waals surface area contributed by atoms with Crippen LogP contribution in [-0.4, -0.2) is 65.5 Å². The predicted octanol–water partition coefficient (Wildman–Crippen LogP) is 3.80. The smallest absolute Gasteiger partial charge is 0.318 e. The van der Waals surface area contributed by atoms with Gasteiger partial charge in [-0.25, -0.2) is 4.79 Å². The molecule has 0 radical (unpaired) electrons. The third-order valence-electron chi connectivity index (χ3n) is 8.11. The Morgan fingerprint density at radius 2 is 1.71 bits per heavy atom. The molecular formula is C30H34N4O4. The minimum absolute atomic E-state index is 0.0588. The highest BCUT2D eigenvalue weighted by Gasteiger charge is 2.37. The number of benzene rings is 2. The van der Waals surface area contributed by atoms with E-state index in [-0.39, 0.29) is 36.1 Å². The van der Waals surface area contributed by atoms with E-state index >= 15 is 0 Å². The molecule has 2 saturated heterocycles. The lowest BCUT2D eigenvalue weighted by Crippen LogP contribution is -2.54. The average Bonchev–Trinajstić information content (AvgIpc) is 3.79. The molecule has 38 heavy (non-hydrogen) atoms. The summed E-state index contributed by atoms with van der Waals surface area (Å²) in [6.07, 6.45) is 3.48. The molecular weight excluding hydrogens is 480 g/mol. The van der Waals surface area contributed by atoms with Crippen molar-refractivity contribution in [1.82, 2.24) is 20.1 Å². The molecule has 8 heteroatoms. The monoisotopic (exact) mass is 514 g/mol. The number of H-pyrrole nitrogens is 1. The number of hydrogen-bond donors (Lipinski definition) is 2. The summed E-state index contributed by atoms with van der Waals surface area (Å²) < 4.78 is 6.18. The normalized spacial score (nSPS) is 22.9. The summed E-state index contributed by atoms with van der Waals surface area (Å²) in [6.45, 7) is 2.42. The minimum Gasteiger partial charge on any atom is -0.369 e. The van der Waals surface area contributed by atoms with E-state index in [1.807, 2.05) is 65.6 Å². The lowest BCUT2D eigenvalue weighted by molar-refractivity contribution is -0.132. The maximum Gasteiger partial charge on any atom is 0.318 e. The van der Waals surface area contributed by atoms with Gasteiger partial charge in [-0.2, -0.15) is 0 Å². The summed E-state index contributed by atoms with van der Waals surface area (Å²) in [4.78, 5) is 46.0. The van der Waals surface area contributed by atoms with E-state index in [0.29, 0.717) is 44.9 Å². The molecule has 1 aliphatic carbocycles. The lowest BCUT2D eigenvalue weighted by Gasteiger charge is -2.33. The number of ether oxygens (including phenoxy) is 1. The number of likely N-dealkylation sites (tertiary alicyclic amines) is 1. The van der Waals surface area contributed by atoms with Gasteiger partial charge in [-0.15, -0.1) is 0 Å². The highest BCUT2D eigenvalue weighted by molar-refractivity contribution is 5.87. The van der Waals surface area contributed by atoms with E-state index in [9.17, 15) is 14.4 Å². The molecule has 6 rings (SSSR count). The van der Waals surface area contributed by atoms with Gasteiger partial charge in [0.15, 0.2) is 0 Å². The second-order valence-electron chi connectivity index (χ2n) is 10.8. The molecule has 2 aromatic carbocycles. The van der Waals surface area contributed by atoms with Gasteiger partial charge in [0.05, 0.1) is 13.2 Å². The Kier molecular flexibility index (Phi) is 6.89.